The summed E-state index contributed by atoms with van der Waals surface area (Å²) in [6.07, 6.45) is 4.34. The summed E-state index contributed by atoms with van der Waals surface area (Å²) in [6, 6.07) is 23.6. The van der Waals surface area contributed by atoms with Crippen molar-refractivity contribution in [2.24, 2.45) is 11.3 Å². The van der Waals surface area contributed by atoms with Gasteiger partial charge in [0.1, 0.15) is 5.52 Å². The Morgan fingerprint density at radius 1 is 0.871 bits per heavy atom. The van der Waals surface area contributed by atoms with Gasteiger partial charge in [0.25, 0.3) is 0 Å². The number of fused-ring (bicyclic) bond motifs is 1. The van der Waals surface area contributed by atoms with Gasteiger partial charge in [0.05, 0.1) is 5.69 Å². The minimum Gasteiger partial charge on any atom is -0.244 e. The van der Waals surface area contributed by atoms with Crippen molar-refractivity contribution in [3.8, 4) is 22.4 Å². The second-order valence-corrected chi connectivity index (χ2v) is 10.1. The summed E-state index contributed by atoms with van der Waals surface area (Å²) in [4.78, 5) is 9.22. The van der Waals surface area contributed by atoms with Crippen LogP contribution in [0.25, 0.3) is 33.3 Å². The third-order valence-corrected chi connectivity index (χ3v) is 7.05. The predicted octanol–water partition coefficient (Wildman–Crippen LogP) is 8.16. The third kappa shape index (κ3) is 3.74. The standard InChI is InChI=1S/C28H27ClN2/c1-28(2,3)24-14-13-22(24)19-9-11-20(12-10-19)25-23(18-7-5-4-6-8-18)17-21-15-16-30-27(29)26(21)31-25/h4-12,15-17,22,24H,13-14H2,1-3H3. The Hall–Kier alpha value is -2.71. The van der Waals surface area contributed by atoms with E-state index in [-0.39, 0.29) is 0 Å². The smallest absolute Gasteiger partial charge is 0.155 e. The van der Waals surface area contributed by atoms with E-state index in [1.807, 2.05) is 12.1 Å². The van der Waals surface area contributed by atoms with Crippen LogP contribution in [-0.4, -0.2) is 9.97 Å². The van der Waals surface area contributed by atoms with E-state index in [4.69, 9.17) is 16.6 Å². The minimum atomic E-state index is 0.353. The molecule has 1 saturated carbocycles. The molecule has 1 aliphatic carbocycles. The summed E-state index contributed by atoms with van der Waals surface area (Å²) in [7, 11) is 0. The summed E-state index contributed by atoms with van der Waals surface area (Å²) in [5.41, 5.74) is 6.85. The Bertz CT molecular complexity index is 1220. The average molecular weight is 427 g/mol. The first-order chi connectivity index (χ1) is 14.9. The highest BCUT2D eigenvalue weighted by Gasteiger charge is 2.39. The molecule has 1 aliphatic rings. The SMILES string of the molecule is CC(C)(C)C1CCC1c1ccc(-c2nc3c(Cl)nccc3cc2-c2ccccc2)cc1. The van der Waals surface area contributed by atoms with Gasteiger partial charge >= 0.3 is 0 Å². The molecule has 2 aromatic heterocycles. The molecule has 0 saturated heterocycles. The number of aromatic nitrogens is 2. The number of halogens is 1. The quantitative estimate of drug-likeness (QED) is 0.309. The van der Waals surface area contributed by atoms with Crippen LogP contribution in [0.2, 0.25) is 5.15 Å². The summed E-state index contributed by atoms with van der Waals surface area (Å²) in [6.45, 7) is 7.09. The van der Waals surface area contributed by atoms with Gasteiger partial charge in [-0.3, -0.25) is 0 Å². The van der Waals surface area contributed by atoms with Crippen molar-refractivity contribution in [1.82, 2.24) is 9.97 Å². The van der Waals surface area contributed by atoms with E-state index in [0.717, 1.165) is 39.2 Å². The zero-order valence-corrected chi connectivity index (χ0v) is 19.0. The lowest BCUT2D eigenvalue weighted by Crippen LogP contribution is -2.34. The highest BCUT2D eigenvalue weighted by molar-refractivity contribution is 6.33. The number of hydrogen-bond acceptors (Lipinski definition) is 2. The predicted molar refractivity (Wildman–Crippen MR) is 130 cm³/mol. The van der Waals surface area contributed by atoms with E-state index in [1.165, 1.54) is 18.4 Å². The van der Waals surface area contributed by atoms with E-state index >= 15 is 0 Å². The number of hydrogen-bond donors (Lipinski definition) is 0. The van der Waals surface area contributed by atoms with Crippen LogP contribution in [0.1, 0.15) is 45.1 Å². The van der Waals surface area contributed by atoms with Crippen LogP contribution in [0.4, 0.5) is 0 Å². The molecular weight excluding hydrogens is 400 g/mol. The van der Waals surface area contributed by atoms with Crippen LogP contribution < -0.4 is 0 Å². The maximum Gasteiger partial charge on any atom is 0.155 e. The summed E-state index contributed by atoms with van der Waals surface area (Å²) in [5, 5.41) is 1.44. The summed E-state index contributed by atoms with van der Waals surface area (Å²) >= 11 is 6.39. The minimum absolute atomic E-state index is 0.353. The third-order valence-electron chi connectivity index (χ3n) is 6.77. The zero-order valence-electron chi connectivity index (χ0n) is 18.3. The molecule has 2 nitrogen and oxygen atoms in total. The Labute approximate surface area is 189 Å². The maximum absolute atomic E-state index is 6.39. The van der Waals surface area contributed by atoms with Crippen LogP contribution in [0, 0.1) is 11.3 Å². The molecule has 156 valence electrons. The zero-order chi connectivity index (χ0) is 21.6. The van der Waals surface area contributed by atoms with Gasteiger partial charge in [0.2, 0.25) is 0 Å². The lowest BCUT2D eigenvalue weighted by Gasteiger charge is -2.45. The van der Waals surface area contributed by atoms with E-state index in [0.29, 0.717) is 16.5 Å². The molecule has 2 aromatic carbocycles. The number of rotatable bonds is 3. The highest BCUT2D eigenvalue weighted by Crippen LogP contribution is 2.51. The molecule has 3 heteroatoms. The van der Waals surface area contributed by atoms with Crippen molar-refractivity contribution in [1.29, 1.82) is 0 Å². The van der Waals surface area contributed by atoms with Gasteiger partial charge in [0.15, 0.2) is 5.15 Å². The van der Waals surface area contributed by atoms with Crippen molar-refractivity contribution >= 4 is 22.5 Å². The van der Waals surface area contributed by atoms with Crippen LogP contribution in [0.5, 0.6) is 0 Å². The van der Waals surface area contributed by atoms with Gasteiger partial charge in [-0.25, -0.2) is 9.97 Å². The lowest BCUT2D eigenvalue weighted by atomic mass is 9.59. The monoisotopic (exact) mass is 426 g/mol. The largest absolute Gasteiger partial charge is 0.244 e. The molecule has 0 N–H and O–H groups in total. The van der Waals surface area contributed by atoms with Gasteiger partial charge in [0, 0.05) is 22.7 Å². The van der Waals surface area contributed by atoms with Crippen LogP contribution >= 0.6 is 11.6 Å². The number of nitrogens with zero attached hydrogens (tertiary/aromatic N) is 2. The Morgan fingerprint density at radius 3 is 2.26 bits per heavy atom. The molecule has 0 amide bonds. The first kappa shape index (κ1) is 20.2. The van der Waals surface area contributed by atoms with Crippen molar-refractivity contribution in [3.63, 3.8) is 0 Å². The average Bonchev–Trinajstić information content (AvgIpc) is 2.72. The Morgan fingerprint density at radius 2 is 1.61 bits per heavy atom. The van der Waals surface area contributed by atoms with E-state index in [9.17, 15) is 0 Å². The molecule has 0 spiro atoms. The fraction of sp³-hybridized carbons (Fsp3) is 0.286. The van der Waals surface area contributed by atoms with E-state index in [2.05, 4.69) is 80.4 Å². The van der Waals surface area contributed by atoms with Crippen molar-refractivity contribution in [3.05, 3.63) is 83.6 Å². The number of benzene rings is 2. The normalized spacial score (nSPS) is 18.7. The fourth-order valence-electron chi connectivity index (χ4n) is 4.95. The van der Waals surface area contributed by atoms with Gasteiger partial charge in [-0.1, -0.05) is 87.0 Å². The van der Waals surface area contributed by atoms with Gasteiger partial charge < -0.3 is 0 Å². The van der Waals surface area contributed by atoms with Gasteiger partial charge in [-0.15, -0.1) is 0 Å². The first-order valence-electron chi connectivity index (χ1n) is 11.0. The first-order valence-corrected chi connectivity index (χ1v) is 11.4. The van der Waals surface area contributed by atoms with Crippen molar-refractivity contribution < 1.29 is 0 Å². The van der Waals surface area contributed by atoms with Crippen molar-refractivity contribution in [2.45, 2.75) is 39.5 Å². The molecule has 2 unspecified atom stereocenters. The fourth-order valence-corrected chi connectivity index (χ4v) is 5.15. The maximum atomic E-state index is 6.39. The second-order valence-electron chi connectivity index (χ2n) is 9.70. The summed E-state index contributed by atoms with van der Waals surface area (Å²) < 4.78 is 0. The van der Waals surface area contributed by atoms with Gasteiger partial charge in [-0.05, 0) is 53.4 Å². The molecule has 0 aliphatic heterocycles. The molecule has 2 atom stereocenters. The molecule has 31 heavy (non-hydrogen) atoms. The highest BCUT2D eigenvalue weighted by atomic mass is 35.5. The topological polar surface area (TPSA) is 25.8 Å². The van der Waals surface area contributed by atoms with Crippen LogP contribution in [0.3, 0.4) is 0 Å². The molecule has 2 heterocycles. The second kappa shape index (κ2) is 7.76. The van der Waals surface area contributed by atoms with Crippen molar-refractivity contribution in [2.75, 3.05) is 0 Å². The van der Waals surface area contributed by atoms with E-state index in [1.54, 1.807) is 6.20 Å². The Kier molecular flexibility index (Phi) is 5.06. The summed E-state index contributed by atoms with van der Waals surface area (Å²) in [5.74, 6) is 1.41. The molecular formula is C28H27ClN2. The van der Waals surface area contributed by atoms with Crippen LogP contribution in [-0.2, 0) is 0 Å². The molecule has 0 radical (unpaired) electrons. The molecule has 4 aromatic rings. The van der Waals surface area contributed by atoms with Gasteiger partial charge in [-0.2, -0.15) is 0 Å². The van der Waals surface area contributed by atoms with Crippen LogP contribution in [0.15, 0.2) is 72.9 Å². The molecule has 5 rings (SSSR count). The molecule has 1 fully saturated rings. The van der Waals surface area contributed by atoms with E-state index < -0.39 is 0 Å². The molecule has 0 bridgehead atoms. The number of pyridine rings is 2. The lowest BCUT2D eigenvalue weighted by molar-refractivity contribution is 0.106. The Balaban J connectivity index is 1.60.